The van der Waals surface area contributed by atoms with Crippen LogP contribution in [0.4, 0.5) is 0 Å². The van der Waals surface area contributed by atoms with Crippen LogP contribution >= 0.6 is 0 Å². The Morgan fingerprint density at radius 2 is 1.83 bits per heavy atom. The Bertz CT molecular complexity index is 2250. The molecule has 2 fully saturated rings. The number of nitrogens with one attached hydrogen (secondary N) is 2. The zero-order valence-corrected chi connectivity index (χ0v) is 36.2. The highest BCUT2D eigenvalue weighted by atomic mass is 16.5. The Kier molecular flexibility index (Phi) is 12.8. The second kappa shape index (κ2) is 17.9. The van der Waals surface area contributed by atoms with Crippen LogP contribution in [0.25, 0.3) is 33.3 Å². The standard InChI is InChI=1S/C47H60N6O7/c1-9-52-39-18-17-32-23-35(39)36(42(52)34-15-11-19-48-40(34)29(4)58-8)24-47(5,6)27-60-46(57)37-16-12-20-53(50-37)45(56)38(22-30-13-10-14-31(32)21-30)49-43(54)41(28(2)3)51(7)44(55)33-25-59-26-33/h10-11,13-15,17-19,21,23,28-29,33,37-38,41,50H,9,12,16,20,22,24-27H2,1-8H3,(H,49,54)/t29-,37-,38-,41?/m0/s1. The molecule has 0 spiro atoms. The number of fused-ring (bicyclic) bond motifs is 6. The van der Waals surface area contributed by atoms with Crippen LogP contribution in [0.2, 0.25) is 0 Å². The number of nitrogens with zero attached hydrogens (tertiary/aromatic N) is 4. The van der Waals surface area contributed by atoms with E-state index >= 15 is 0 Å². The molecule has 60 heavy (non-hydrogen) atoms. The molecule has 1 unspecified atom stereocenters. The highest BCUT2D eigenvalue weighted by molar-refractivity contribution is 5.96. The first-order chi connectivity index (χ1) is 28.7. The molecule has 320 valence electrons. The lowest BCUT2D eigenvalue weighted by molar-refractivity contribution is -0.156. The van der Waals surface area contributed by atoms with Gasteiger partial charge >= 0.3 is 5.97 Å². The van der Waals surface area contributed by atoms with Gasteiger partial charge in [-0.15, -0.1) is 0 Å². The van der Waals surface area contributed by atoms with E-state index in [1.165, 1.54) is 9.91 Å². The molecule has 5 heterocycles. The molecular formula is C47H60N6O7. The molecule has 7 rings (SSSR count). The van der Waals surface area contributed by atoms with Gasteiger partial charge in [-0.2, -0.15) is 0 Å². The summed E-state index contributed by atoms with van der Waals surface area (Å²) in [6.45, 7) is 14.0. The van der Waals surface area contributed by atoms with E-state index < -0.39 is 35.4 Å². The van der Waals surface area contributed by atoms with Crippen molar-refractivity contribution in [2.24, 2.45) is 17.3 Å². The maximum absolute atomic E-state index is 14.5. The maximum atomic E-state index is 14.5. The number of rotatable bonds is 9. The summed E-state index contributed by atoms with van der Waals surface area (Å²) >= 11 is 0. The summed E-state index contributed by atoms with van der Waals surface area (Å²) < 4.78 is 19.5. The van der Waals surface area contributed by atoms with E-state index in [2.05, 4.69) is 72.5 Å². The van der Waals surface area contributed by atoms with Crippen molar-refractivity contribution in [1.29, 1.82) is 0 Å². The third-order valence-corrected chi connectivity index (χ3v) is 12.3. The summed E-state index contributed by atoms with van der Waals surface area (Å²) in [5.41, 5.74) is 10.6. The molecule has 13 heteroatoms. The van der Waals surface area contributed by atoms with Gasteiger partial charge in [-0.3, -0.25) is 29.2 Å². The predicted octanol–water partition coefficient (Wildman–Crippen LogP) is 5.88. The second-order valence-corrected chi connectivity index (χ2v) is 17.7. The molecule has 2 aromatic heterocycles. The summed E-state index contributed by atoms with van der Waals surface area (Å²) in [6.07, 6.45) is 3.41. The minimum absolute atomic E-state index is 0.154. The third-order valence-electron chi connectivity index (χ3n) is 12.3. The van der Waals surface area contributed by atoms with Gasteiger partial charge < -0.3 is 29.0 Å². The SMILES string of the molecule is CCn1c(-c2cccnc2[C@H](C)OC)c2c3cc(ccc31)-c1cccc(c1)C[C@H](NC(=O)C(C(C)C)N(C)C(=O)C1COC1)C(=O)N1CCC[C@H](N1)C(=O)OCC(C)(C)C2. The van der Waals surface area contributed by atoms with Crippen molar-refractivity contribution in [1.82, 2.24) is 30.2 Å². The monoisotopic (exact) mass is 820 g/mol. The lowest BCUT2D eigenvalue weighted by atomic mass is 9.84. The number of aryl methyl sites for hydroxylation is 1. The second-order valence-electron chi connectivity index (χ2n) is 17.7. The van der Waals surface area contributed by atoms with E-state index in [4.69, 9.17) is 19.2 Å². The average molecular weight is 821 g/mol. The number of hydrazine groups is 1. The minimum Gasteiger partial charge on any atom is -0.464 e. The molecule has 0 saturated carbocycles. The number of aromatic nitrogens is 2. The van der Waals surface area contributed by atoms with Crippen LogP contribution in [0.3, 0.4) is 0 Å². The van der Waals surface area contributed by atoms with Gasteiger partial charge in [0.1, 0.15) is 18.1 Å². The first kappa shape index (κ1) is 43.0. The molecule has 3 amide bonds. The molecule has 6 bridgehead atoms. The van der Waals surface area contributed by atoms with Crippen LogP contribution in [-0.2, 0) is 52.8 Å². The molecule has 4 atom stereocenters. The number of likely N-dealkylation sites (N-methyl/N-ethyl adjacent to an activating group) is 1. The number of methoxy groups -OCH3 is 1. The summed E-state index contributed by atoms with van der Waals surface area (Å²) in [5, 5.41) is 5.60. The van der Waals surface area contributed by atoms with Crippen molar-refractivity contribution in [3.05, 3.63) is 77.6 Å². The number of carbonyl (C=O) groups is 4. The topological polar surface area (TPSA) is 144 Å². The average Bonchev–Trinajstić information content (AvgIpc) is 3.52. The Morgan fingerprint density at radius 1 is 1.07 bits per heavy atom. The fourth-order valence-electron chi connectivity index (χ4n) is 8.97. The van der Waals surface area contributed by atoms with Crippen LogP contribution in [-0.4, -0.2) is 102 Å². The number of esters is 1. The number of carbonyl (C=O) groups excluding carboxylic acids is 4. The van der Waals surface area contributed by atoms with Crippen molar-refractivity contribution in [2.75, 3.05) is 40.5 Å². The molecule has 4 aromatic rings. The lowest BCUT2D eigenvalue weighted by Crippen LogP contribution is -2.62. The van der Waals surface area contributed by atoms with Crippen molar-refractivity contribution >= 4 is 34.6 Å². The molecular weight excluding hydrogens is 761 g/mol. The van der Waals surface area contributed by atoms with Crippen LogP contribution in [0.1, 0.15) is 77.3 Å². The summed E-state index contributed by atoms with van der Waals surface area (Å²) in [4.78, 5) is 62.2. The molecule has 2 aromatic carbocycles. The van der Waals surface area contributed by atoms with Gasteiger partial charge in [-0.1, -0.05) is 58.0 Å². The van der Waals surface area contributed by atoms with E-state index in [1.54, 1.807) is 20.4 Å². The quantitative estimate of drug-likeness (QED) is 0.198. The van der Waals surface area contributed by atoms with E-state index in [-0.39, 0.29) is 42.8 Å². The zero-order valence-electron chi connectivity index (χ0n) is 36.2. The van der Waals surface area contributed by atoms with Gasteiger partial charge in [0, 0.05) is 61.7 Å². The van der Waals surface area contributed by atoms with Gasteiger partial charge in [0.05, 0.1) is 43.2 Å². The van der Waals surface area contributed by atoms with Crippen LogP contribution in [0, 0.1) is 17.3 Å². The lowest BCUT2D eigenvalue weighted by Gasteiger charge is -2.37. The molecule has 0 radical (unpaired) electrons. The van der Waals surface area contributed by atoms with Gasteiger partial charge in [0.15, 0.2) is 0 Å². The largest absolute Gasteiger partial charge is 0.464 e. The molecule has 2 N–H and O–H groups in total. The van der Waals surface area contributed by atoms with Crippen molar-refractivity contribution in [2.45, 2.75) is 98.0 Å². The highest BCUT2D eigenvalue weighted by Gasteiger charge is 2.40. The number of hydrogen-bond donors (Lipinski definition) is 2. The maximum Gasteiger partial charge on any atom is 0.324 e. The summed E-state index contributed by atoms with van der Waals surface area (Å²) in [5.74, 6) is -1.90. The Morgan fingerprint density at radius 3 is 2.53 bits per heavy atom. The predicted molar refractivity (Wildman–Crippen MR) is 229 cm³/mol. The minimum atomic E-state index is -0.997. The van der Waals surface area contributed by atoms with Crippen molar-refractivity contribution in [3.63, 3.8) is 0 Å². The van der Waals surface area contributed by atoms with E-state index in [0.717, 1.165) is 50.1 Å². The number of cyclic esters (lactones) is 1. The highest BCUT2D eigenvalue weighted by Crippen LogP contribution is 2.42. The fourth-order valence-corrected chi connectivity index (χ4v) is 8.97. The third kappa shape index (κ3) is 8.71. The van der Waals surface area contributed by atoms with Gasteiger partial charge in [0.25, 0.3) is 5.91 Å². The van der Waals surface area contributed by atoms with Gasteiger partial charge in [0.2, 0.25) is 11.8 Å². The van der Waals surface area contributed by atoms with E-state index in [0.29, 0.717) is 45.6 Å². The Balaban J connectivity index is 1.33. The van der Waals surface area contributed by atoms with Crippen LogP contribution in [0.5, 0.6) is 0 Å². The number of ether oxygens (including phenoxy) is 3. The molecule has 3 aliphatic heterocycles. The first-order valence-corrected chi connectivity index (χ1v) is 21.3. The molecule has 2 saturated heterocycles. The zero-order chi connectivity index (χ0) is 42.9. The van der Waals surface area contributed by atoms with Crippen LogP contribution < -0.4 is 10.7 Å². The first-order valence-electron chi connectivity index (χ1n) is 21.3. The Labute approximate surface area is 353 Å². The van der Waals surface area contributed by atoms with Crippen LogP contribution in [0.15, 0.2) is 60.8 Å². The van der Waals surface area contributed by atoms with Gasteiger partial charge in [-0.05, 0) is 85.5 Å². The Hall–Kier alpha value is -5.11. The summed E-state index contributed by atoms with van der Waals surface area (Å²) in [7, 11) is 3.33. The fraction of sp³-hybridized carbons (Fsp3) is 0.511. The summed E-state index contributed by atoms with van der Waals surface area (Å²) in [6, 6.07) is 16.1. The molecule has 13 nitrogen and oxygen atoms in total. The van der Waals surface area contributed by atoms with Crippen molar-refractivity contribution in [3.8, 4) is 22.4 Å². The van der Waals surface area contributed by atoms with Gasteiger partial charge in [-0.25, -0.2) is 5.43 Å². The molecule has 3 aliphatic rings. The number of benzene rings is 2. The van der Waals surface area contributed by atoms with E-state index in [9.17, 15) is 19.2 Å². The number of hydrogen-bond acceptors (Lipinski definition) is 9. The van der Waals surface area contributed by atoms with Crippen molar-refractivity contribution < 1.29 is 33.4 Å². The number of amides is 3. The smallest absolute Gasteiger partial charge is 0.324 e. The number of pyridine rings is 1. The normalized spacial score (nSPS) is 20.9. The molecule has 0 aliphatic carbocycles. The van der Waals surface area contributed by atoms with E-state index in [1.807, 2.05) is 39.0 Å².